The van der Waals surface area contributed by atoms with Crippen LogP contribution in [0.1, 0.15) is 35.1 Å². The third kappa shape index (κ3) is 2.76. The first-order valence-corrected chi connectivity index (χ1v) is 6.14. The summed E-state index contributed by atoms with van der Waals surface area (Å²) in [6.07, 6.45) is -0.137. The lowest BCUT2D eigenvalue weighted by molar-refractivity contribution is -0.137. The van der Waals surface area contributed by atoms with E-state index >= 15 is 0 Å². The molecule has 0 radical (unpaired) electrons. The maximum absolute atomic E-state index is 12.3. The van der Waals surface area contributed by atoms with Crippen molar-refractivity contribution in [1.82, 2.24) is 15.5 Å². The van der Waals surface area contributed by atoms with Gasteiger partial charge in [0, 0.05) is 11.7 Å². The number of pyridine rings is 1. The van der Waals surface area contributed by atoms with Gasteiger partial charge in [-0.1, -0.05) is 5.16 Å². The van der Waals surface area contributed by atoms with Crippen LogP contribution in [0.25, 0.3) is 11.1 Å². The molecule has 20 heavy (non-hydrogen) atoms. The van der Waals surface area contributed by atoms with Gasteiger partial charge in [-0.25, -0.2) is 4.98 Å². The number of fused-ring (bicyclic) bond motifs is 1. The number of amides is 1. The van der Waals surface area contributed by atoms with Crippen molar-refractivity contribution in [2.24, 2.45) is 0 Å². The minimum absolute atomic E-state index is 0.137. The standard InChI is InChI=1S/C13H15N3O4/c1-6-4-9(11-8(3)16-20-13(11)15-6)12(19)14-7(2)5-10(17)18/h4,7H,5H2,1-3H3,(H,14,19)(H,17,18). The zero-order valence-corrected chi connectivity index (χ0v) is 11.4. The second-order valence-electron chi connectivity index (χ2n) is 4.73. The fourth-order valence-electron chi connectivity index (χ4n) is 2.01. The molecule has 2 aromatic heterocycles. The zero-order valence-electron chi connectivity index (χ0n) is 11.4. The van der Waals surface area contributed by atoms with E-state index in [-0.39, 0.29) is 12.3 Å². The molecule has 0 aromatic carbocycles. The average Bonchev–Trinajstić information content (AvgIpc) is 2.68. The van der Waals surface area contributed by atoms with Crippen molar-refractivity contribution in [1.29, 1.82) is 0 Å². The van der Waals surface area contributed by atoms with Crippen molar-refractivity contribution < 1.29 is 19.2 Å². The molecule has 7 heteroatoms. The quantitative estimate of drug-likeness (QED) is 0.875. The van der Waals surface area contributed by atoms with Gasteiger partial charge in [0.05, 0.1) is 23.1 Å². The van der Waals surface area contributed by atoms with E-state index < -0.39 is 12.0 Å². The predicted octanol–water partition coefficient (Wildman–Crippen LogP) is 1.43. The molecule has 0 aliphatic rings. The maximum Gasteiger partial charge on any atom is 0.305 e. The van der Waals surface area contributed by atoms with Crippen molar-refractivity contribution in [3.8, 4) is 0 Å². The average molecular weight is 277 g/mol. The molecular weight excluding hydrogens is 262 g/mol. The molecular formula is C13H15N3O4. The number of aromatic nitrogens is 2. The molecule has 0 fully saturated rings. The molecule has 0 aliphatic heterocycles. The molecule has 2 N–H and O–H groups in total. The summed E-state index contributed by atoms with van der Waals surface area (Å²) in [7, 11) is 0. The summed E-state index contributed by atoms with van der Waals surface area (Å²) in [6.45, 7) is 5.10. The second kappa shape index (κ2) is 5.28. The topological polar surface area (TPSA) is 105 Å². The Labute approximate surface area is 115 Å². The van der Waals surface area contributed by atoms with E-state index in [0.717, 1.165) is 0 Å². The molecule has 0 saturated heterocycles. The van der Waals surface area contributed by atoms with Crippen LogP contribution in [0.5, 0.6) is 0 Å². The van der Waals surface area contributed by atoms with Gasteiger partial charge in [-0.15, -0.1) is 0 Å². The third-order valence-electron chi connectivity index (χ3n) is 2.85. The number of carboxylic acid groups (broad SMARTS) is 1. The fraction of sp³-hybridized carbons (Fsp3) is 0.385. The molecule has 2 heterocycles. The highest BCUT2D eigenvalue weighted by Crippen LogP contribution is 2.21. The lowest BCUT2D eigenvalue weighted by atomic mass is 10.1. The van der Waals surface area contributed by atoms with Crippen molar-refractivity contribution in [3.05, 3.63) is 23.0 Å². The van der Waals surface area contributed by atoms with Crippen LogP contribution in [0, 0.1) is 13.8 Å². The number of rotatable bonds is 4. The summed E-state index contributed by atoms with van der Waals surface area (Å²) in [6, 6.07) is 1.17. The lowest BCUT2D eigenvalue weighted by Crippen LogP contribution is -2.34. The van der Waals surface area contributed by atoms with Gasteiger partial charge in [-0.3, -0.25) is 9.59 Å². The first-order valence-electron chi connectivity index (χ1n) is 6.14. The molecule has 106 valence electrons. The number of hydrogen-bond acceptors (Lipinski definition) is 5. The summed E-state index contributed by atoms with van der Waals surface area (Å²) in [5.74, 6) is -1.32. The Kier molecular flexibility index (Phi) is 3.69. The highest BCUT2D eigenvalue weighted by atomic mass is 16.5. The van der Waals surface area contributed by atoms with Gasteiger partial charge in [0.2, 0.25) is 0 Å². The molecule has 2 rings (SSSR count). The Morgan fingerprint density at radius 3 is 2.80 bits per heavy atom. The molecule has 1 amide bonds. The second-order valence-corrected chi connectivity index (χ2v) is 4.73. The molecule has 0 bridgehead atoms. The normalized spacial score (nSPS) is 12.3. The monoisotopic (exact) mass is 277 g/mol. The van der Waals surface area contributed by atoms with Crippen LogP contribution in [-0.4, -0.2) is 33.2 Å². The maximum atomic E-state index is 12.3. The van der Waals surface area contributed by atoms with Crippen molar-refractivity contribution >= 4 is 23.0 Å². The molecule has 0 aliphatic carbocycles. The molecule has 7 nitrogen and oxygen atoms in total. The highest BCUT2D eigenvalue weighted by Gasteiger charge is 2.19. The first-order chi connectivity index (χ1) is 9.38. The van der Waals surface area contributed by atoms with Gasteiger partial charge in [-0.05, 0) is 26.8 Å². The predicted molar refractivity (Wildman–Crippen MR) is 70.5 cm³/mol. The summed E-state index contributed by atoms with van der Waals surface area (Å²) in [5, 5.41) is 15.7. The van der Waals surface area contributed by atoms with Crippen LogP contribution in [0.3, 0.4) is 0 Å². The Morgan fingerprint density at radius 1 is 1.45 bits per heavy atom. The molecule has 1 atom stereocenters. The third-order valence-corrected chi connectivity index (χ3v) is 2.85. The van der Waals surface area contributed by atoms with E-state index in [9.17, 15) is 9.59 Å². The SMILES string of the molecule is Cc1cc(C(=O)NC(C)CC(=O)O)c2c(C)noc2n1. The van der Waals surface area contributed by atoms with Gasteiger partial charge in [0.15, 0.2) is 0 Å². The van der Waals surface area contributed by atoms with Crippen LogP contribution >= 0.6 is 0 Å². The first kappa shape index (κ1) is 14.0. The Bertz CT molecular complexity index is 678. The number of nitrogens with one attached hydrogen (secondary N) is 1. The van der Waals surface area contributed by atoms with Gasteiger partial charge in [-0.2, -0.15) is 0 Å². The van der Waals surface area contributed by atoms with E-state index in [0.29, 0.717) is 28.1 Å². The van der Waals surface area contributed by atoms with E-state index in [1.807, 2.05) is 0 Å². The van der Waals surface area contributed by atoms with Crippen molar-refractivity contribution in [2.45, 2.75) is 33.2 Å². The summed E-state index contributed by atoms with van der Waals surface area (Å²) in [5.41, 5.74) is 1.90. The largest absolute Gasteiger partial charge is 0.481 e. The highest BCUT2D eigenvalue weighted by molar-refractivity contribution is 6.06. The van der Waals surface area contributed by atoms with Crippen LogP contribution in [0.15, 0.2) is 10.6 Å². The molecule has 1 unspecified atom stereocenters. The van der Waals surface area contributed by atoms with Gasteiger partial charge >= 0.3 is 5.97 Å². The Balaban J connectivity index is 2.34. The molecule has 2 aromatic rings. The minimum Gasteiger partial charge on any atom is -0.481 e. The Morgan fingerprint density at radius 2 is 2.15 bits per heavy atom. The van der Waals surface area contributed by atoms with Gasteiger partial charge in [0.1, 0.15) is 0 Å². The molecule has 0 spiro atoms. The number of hydrogen-bond donors (Lipinski definition) is 2. The number of nitrogens with zero attached hydrogens (tertiary/aromatic N) is 2. The number of carbonyl (C=O) groups is 2. The smallest absolute Gasteiger partial charge is 0.305 e. The fourth-order valence-corrected chi connectivity index (χ4v) is 2.01. The van der Waals surface area contributed by atoms with E-state index in [1.165, 1.54) is 0 Å². The van der Waals surface area contributed by atoms with Gasteiger partial charge in [0.25, 0.3) is 11.6 Å². The summed E-state index contributed by atoms with van der Waals surface area (Å²) in [4.78, 5) is 27.0. The van der Waals surface area contributed by atoms with E-state index in [4.69, 9.17) is 9.63 Å². The lowest BCUT2D eigenvalue weighted by Gasteiger charge is -2.12. The van der Waals surface area contributed by atoms with E-state index in [1.54, 1.807) is 26.8 Å². The minimum atomic E-state index is -0.963. The summed E-state index contributed by atoms with van der Waals surface area (Å²) >= 11 is 0. The van der Waals surface area contributed by atoms with Gasteiger partial charge < -0.3 is 14.9 Å². The Hall–Kier alpha value is -2.44. The zero-order chi connectivity index (χ0) is 14.9. The van der Waals surface area contributed by atoms with Crippen LogP contribution in [0.2, 0.25) is 0 Å². The number of carbonyl (C=O) groups excluding carboxylic acids is 1. The van der Waals surface area contributed by atoms with Crippen LogP contribution < -0.4 is 5.32 Å². The summed E-state index contributed by atoms with van der Waals surface area (Å²) < 4.78 is 5.05. The number of carboxylic acids is 1. The number of aliphatic carboxylic acids is 1. The van der Waals surface area contributed by atoms with Crippen LogP contribution in [0.4, 0.5) is 0 Å². The molecule has 0 saturated carbocycles. The van der Waals surface area contributed by atoms with Crippen molar-refractivity contribution in [3.63, 3.8) is 0 Å². The van der Waals surface area contributed by atoms with Crippen LogP contribution in [-0.2, 0) is 4.79 Å². The van der Waals surface area contributed by atoms with E-state index in [2.05, 4.69) is 15.5 Å². The van der Waals surface area contributed by atoms with Crippen molar-refractivity contribution in [2.75, 3.05) is 0 Å². The number of aryl methyl sites for hydroxylation is 2.